The fraction of sp³-hybridized carbons (Fsp3) is 0. The fourth-order valence-electron chi connectivity index (χ4n) is 0.962. The number of nitro groups is 1. The van der Waals surface area contributed by atoms with Crippen LogP contribution >= 0.6 is 0 Å². The second-order valence-electron chi connectivity index (χ2n) is 2.69. The minimum absolute atomic E-state index is 0.0229. The molecule has 6 heteroatoms. The van der Waals surface area contributed by atoms with Crippen molar-refractivity contribution in [2.24, 2.45) is 5.84 Å². The summed E-state index contributed by atoms with van der Waals surface area (Å²) in [7, 11) is 0. The van der Waals surface area contributed by atoms with Crippen LogP contribution in [0.2, 0.25) is 0 Å². The van der Waals surface area contributed by atoms with Gasteiger partial charge in [0.15, 0.2) is 0 Å². The van der Waals surface area contributed by atoms with Crippen molar-refractivity contribution in [1.29, 1.82) is 0 Å². The third kappa shape index (κ3) is 3.20. The minimum Gasteiger partial charge on any atom is -0.291 e. The van der Waals surface area contributed by atoms with E-state index >= 15 is 0 Å². The largest absolute Gasteiger partial charge is 0.291 e. The van der Waals surface area contributed by atoms with Gasteiger partial charge in [-0.05, 0) is 11.6 Å². The molecule has 0 fully saturated rings. The molecule has 6 nitrogen and oxygen atoms in total. The maximum absolute atomic E-state index is 10.7. The molecule has 1 rings (SSSR count). The molecule has 0 bridgehead atoms. The Morgan fingerprint density at radius 3 is 2.87 bits per heavy atom. The van der Waals surface area contributed by atoms with Crippen LogP contribution in [0.4, 0.5) is 5.69 Å². The molecule has 0 heterocycles. The Bertz CT molecular complexity index is 415. The van der Waals surface area contributed by atoms with E-state index < -0.39 is 10.8 Å². The van der Waals surface area contributed by atoms with Gasteiger partial charge in [0.25, 0.3) is 11.6 Å². The lowest BCUT2D eigenvalue weighted by Gasteiger charge is -1.94. The van der Waals surface area contributed by atoms with Gasteiger partial charge in [-0.15, -0.1) is 0 Å². The van der Waals surface area contributed by atoms with Crippen molar-refractivity contribution in [3.8, 4) is 0 Å². The Labute approximate surface area is 85.5 Å². The van der Waals surface area contributed by atoms with Crippen LogP contribution in [0, 0.1) is 10.1 Å². The number of nitrogens with two attached hydrogens (primary N) is 1. The lowest BCUT2D eigenvalue weighted by Crippen LogP contribution is -2.27. The number of amides is 1. The zero-order valence-electron chi connectivity index (χ0n) is 7.71. The van der Waals surface area contributed by atoms with E-state index in [2.05, 4.69) is 0 Å². The summed E-state index contributed by atoms with van der Waals surface area (Å²) in [6, 6.07) is 5.92. The highest BCUT2D eigenvalue weighted by Gasteiger charge is 2.03. The van der Waals surface area contributed by atoms with Gasteiger partial charge in [0.1, 0.15) is 0 Å². The maximum atomic E-state index is 10.7. The minimum atomic E-state index is -0.500. The van der Waals surface area contributed by atoms with Crippen molar-refractivity contribution < 1.29 is 9.72 Å². The van der Waals surface area contributed by atoms with Crippen LogP contribution in [0.5, 0.6) is 0 Å². The number of nitrogens with zero attached hydrogens (tertiary/aromatic N) is 1. The summed E-state index contributed by atoms with van der Waals surface area (Å²) in [4.78, 5) is 20.7. The Morgan fingerprint density at radius 2 is 2.27 bits per heavy atom. The lowest BCUT2D eigenvalue weighted by atomic mass is 10.2. The number of hydrazine groups is 1. The molecule has 0 radical (unpaired) electrons. The summed E-state index contributed by atoms with van der Waals surface area (Å²) >= 11 is 0. The van der Waals surface area contributed by atoms with Crippen LogP contribution in [-0.4, -0.2) is 10.8 Å². The molecule has 0 atom stereocenters. The summed E-state index contributed by atoms with van der Waals surface area (Å²) in [5, 5.41) is 10.4. The quantitative estimate of drug-likeness (QED) is 0.249. The SMILES string of the molecule is NNC(=O)/C=C/c1cccc([N+](=O)[O-])c1. The van der Waals surface area contributed by atoms with E-state index in [4.69, 9.17) is 5.84 Å². The van der Waals surface area contributed by atoms with Gasteiger partial charge in [0.2, 0.25) is 0 Å². The summed E-state index contributed by atoms with van der Waals surface area (Å²) in [6.07, 6.45) is 2.63. The number of nitrogens with one attached hydrogen (secondary N) is 1. The van der Waals surface area contributed by atoms with Crippen molar-refractivity contribution in [1.82, 2.24) is 5.43 Å². The van der Waals surface area contributed by atoms with Gasteiger partial charge < -0.3 is 0 Å². The second-order valence-corrected chi connectivity index (χ2v) is 2.69. The van der Waals surface area contributed by atoms with E-state index in [9.17, 15) is 14.9 Å². The monoisotopic (exact) mass is 207 g/mol. The molecule has 1 aromatic rings. The van der Waals surface area contributed by atoms with Crippen molar-refractivity contribution in [2.75, 3.05) is 0 Å². The van der Waals surface area contributed by atoms with Gasteiger partial charge in [0, 0.05) is 18.2 Å². The van der Waals surface area contributed by atoms with E-state index in [1.165, 1.54) is 30.4 Å². The van der Waals surface area contributed by atoms with Gasteiger partial charge in [-0.25, -0.2) is 5.84 Å². The number of rotatable bonds is 3. The molecule has 0 unspecified atom stereocenters. The van der Waals surface area contributed by atoms with Gasteiger partial charge in [-0.1, -0.05) is 12.1 Å². The molecule has 0 aliphatic carbocycles. The molecule has 0 saturated carbocycles. The molecular formula is C9H9N3O3. The predicted molar refractivity (Wildman–Crippen MR) is 54.5 cm³/mol. The first kappa shape index (κ1) is 10.9. The second kappa shape index (κ2) is 4.87. The number of carbonyl (C=O) groups excluding carboxylic acids is 1. The van der Waals surface area contributed by atoms with Gasteiger partial charge >= 0.3 is 0 Å². The molecule has 0 spiro atoms. The number of benzene rings is 1. The molecule has 3 N–H and O–H groups in total. The van der Waals surface area contributed by atoms with E-state index in [0.717, 1.165) is 0 Å². The lowest BCUT2D eigenvalue weighted by molar-refractivity contribution is -0.384. The number of non-ortho nitro benzene ring substituents is 1. The number of hydrogen-bond acceptors (Lipinski definition) is 4. The highest BCUT2D eigenvalue weighted by molar-refractivity contribution is 5.91. The Kier molecular flexibility index (Phi) is 3.53. The van der Waals surface area contributed by atoms with Crippen molar-refractivity contribution >= 4 is 17.7 Å². The molecule has 0 aliphatic rings. The van der Waals surface area contributed by atoms with E-state index in [-0.39, 0.29) is 5.69 Å². The summed E-state index contributed by atoms with van der Waals surface area (Å²) in [5.74, 6) is 4.38. The first-order valence-corrected chi connectivity index (χ1v) is 4.06. The highest BCUT2D eigenvalue weighted by atomic mass is 16.6. The van der Waals surface area contributed by atoms with E-state index in [1.54, 1.807) is 6.07 Å². The van der Waals surface area contributed by atoms with Crippen LogP contribution in [0.1, 0.15) is 5.56 Å². The van der Waals surface area contributed by atoms with Crippen molar-refractivity contribution in [2.45, 2.75) is 0 Å². The Hall–Kier alpha value is -2.21. The molecule has 0 aliphatic heterocycles. The zero-order valence-corrected chi connectivity index (χ0v) is 7.71. The molecule has 0 saturated heterocycles. The molecule has 78 valence electrons. The summed E-state index contributed by atoms with van der Waals surface area (Å²) in [6.45, 7) is 0. The van der Waals surface area contributed by atoms with Crippen LogP contribution in [0.3, 0.4) is 0 Å². The molecular weight excluding hydrogens is 198 g/mol. The van der Waals surface area contributed by atoms with E-state index in [0.29, 0.717) is 5.56 Å². The Morgan fingerprint density at radius 1 is 1.53 bits per heavy atom. The van der Waals surface area contributed by atoms with E-state index in [1.807, 2.05) is 5.43 Å². The highest BCUT2D eigenvalue weighted by Crippen LogP contribution is 2.13. The number of nitro benzene ring substituents is 1. The van der Waals surface area contributed by atoms with Crippen molar-refractivity contribution in [3.05, 3.63) is 46.0 Å². The predicted octanol–water partition coefficient (Wildman–Crippen LogP) is 0.598. The van der Waals surface area contributed by atoms with Gasteiger partial charge in [-0.2, -0.15) is 0 Å². The molecule has 1 amide bonds. The first-order valence-electron chi connectivity index (χ1n) is 4.06. The first-order chi connectivity index (χ1) is 7.13. The van der Waals surface area contributed by atoms with Gasteiger partial charge in [-0.3, -0.25) is 20.3 Å². The fourth-order valence-corrected chi connectivity index (χ4v) is 0.962. The summed E-state index contributed by atoms with van der Waals surface area (Å²) < 4.78 is 0. The molecule has 1 aromatic carbocycles. The van der Waals surface area contributed by atoms with Crippen LogP contribution in [-0.2, 0) is 4.79 Å². The zero-order chi connectivity index (χ0) is 11.3. The summed E-state index contributed by atoms with van der Waals surface area (Å²) in [5.41, 5.74) is 2.45. The number of hydrogen-bond donors (Lipinski definition) is 2. The topological polar surface area (TPSA) is 98.3 Å². The Balaban J connectivity index is 2.87. The molecule has 0 aromatic heterocycles. The third-order valence-corrected chi connectivity index (χ3v) is 1.65. The van der Waals surface area contributed by atoms with Crippen LogP contribution < -0.4 is 11.3 Å². The average Bonchev–Trinajstić information content (AvgIpc) is 2.26. The standard InChI is InChI=1S/C9H9N3O3/c10-11-9(13)5-4-7-2-1-3-8(6-7)12(14)15/h1-6H,10H2,(H,11,13)/b5-4+. The number of carbonyl (C=O) groups is 1. The maximum Gasteiger partial charge on any atom is 0.270 e. The van der Waals surface area contributed by atoms with Crippen LogP contribution in [0.25, 0.3) is 6.08 Å². The smallest absolute Gasteiger partial charge is 0.270 e. The normalized spacial score (nSPS) is 10.2. The molecule has 15 heavy (non-hydrogen) atoms. The third-order valence-electron chi connectivity index (χ3n) is 1.65. The average molecular weight is 207 g/mol. The van der Waals surface area contributed by atoms with Crippen molar-refractivity contribution in [3.63, 3.8) is 0 Å². The van der Waals surface area contributed by atoms with Crippen LogP contribution in [0.15, 0.2) is 30.3 Å². The van der Waals surface area contributed by atoms with Gasteiger partial charge in [0.05, 0.1) is 4.92 Å².